The zero-order valence-corrected chi connectivity index (χ0v) is 9.08. The van der Waals surface area contributed by atoms with Crippen molar-refractivity contribution in [1.82, 2.24) is 20.1 Å². The van der Waals surface area contributed by atoms with Crippen molar-refractivity contribution >= 4 is 5.91 Å². The van der Waals surface area contributed by atoms with Crippen molar-refractivity contribution < 1.29 is 9.90 Å². The minimum Gasteiger partial charge on any atom is -0.506 e. The van der Waals surface area contributed by atoms with Gasteiger partial charge in [0.15, 0.2) is 0 Å². The summed E-state index contributed by atoms with van der Waals surface area (Å²) in [5.74, 6) is -0.287. The van der Waals surface area contributed by atoms with Crippen molar-refractivity contribution in [3.8, 4) is 5.75 Å². The largest absolute Gasteiger partial charge is 0.506 e. The molecule has 2 heterocycles. The molecule has 2 aromatic heterocycles. The lowest BCUT2D eigenvalue weighted by molar-refractivity contribution is 0.0951. The number of nitrogens with zero attached hydrogens (tertiary/aromatic N) is 3. The van der Waals surface area contributed by atoms with Gasteiger partial charge in [0.2, 0.25) is 0 Å². The average molecular weight is 232 g/mol. The Kier molecular flexibility index (Phi) is 3.34. The lowest BCUT2D eigenvalue weighted by Gasteiger charge is -2.05. The Labute approximate surface area is 97.9 Å². The number of hydrogen-bond acceptors (Lipinski definition) is 4. The molecule has 0 unspecified atom stereocenters. The average Bonchev–Trinajstić information content (AvgIpc) is 2.82. The minimum atomic E-state index is -0.263. The van der Waals surface area contributed by atoms with Crippen LogP contribution in [0.3, 0.4) is 0 Å². The maximum absolute atomic E-state index is 11.6. The Morgan fingerprint density at radius 3 is 3.06 bits per heavy atom. The third-order valence-corrected chi connectivity index (χ3v) is 2.17. The second-order valence-corrected chi connectivity index (χ2v) is 3.46. The number of pyridine rings is 1. The number of nitrogens with one attached hydrogen (secondary N) is 1. The molecule has 0 aromatic carbocycles. The minimum absolute atomic E-state index is 0.0234. The molecule has 0 aliphatic carbocycles. The van der Waals surface area contributed by atoms with Crippen LogP contribution in [0.25, 0.3) is 0 Å². The summed E-state index contributed by atoms with van der Waals surface area (Å²) in [5, 5.41) is 15.9. The lowest BCUT2D eigenvalue weighted by Crippen LogP contribution is -2.27. The van der Waals surface area contributed by atoms with Gasteiger partial charge in [0.1, 0.15) is 5.75 Å². The van der Waals surface area contributed by atoms with Gasteiger partial charge >= 0.3 is 0 Å². The molecule has 0 spiro atoms. The number of rotatable bonds is 4. The quantitative estimate of drug-likeness (QED) is 0.800. The number of amides is 1. The van der Waals surface area contributed by atoms with Gasteiger partial charge in [-0.15, -0.1) is 0 Å². The standard InChI is InChI=1S/C11H12N4O2/c16-10-6-9(7-12-8-10)11(17)13-3-5-15-4-1-2-14-15/h1-2,4,6-8,16H,3,5H2,(H,13,17). The molecule has 2 aromatic rings. The number of carbonyl (C=O) groups is 1. The number of aromatic nitrogens is 3. The van der Waals surface area contributed by atoms with Gasteiger partial charge in [-0.05, 0) is 12.1 Å². The molecule has 0 aliphatic heterocycles. The molecular formula is C11H12N4O2. The Bertz CT molecular complexity index is 496. The highest BCUT2D eigenvalue weighted by atomic mass is 16.3. The SMILES string of the molecule is O=C(NCCn1cccn1)c1cncc(O)c1. The van der Waals surface area contributed by atoms with Crippen LogP contribution in [0, 0.1) is 0 Å². The number of aromatic hydroxyl groups is 1. The predicted molar refractivity (Wildman–Crippen MR) is 60.5 cm³/mol. The molecule has 6 heteroatoms. The van der Waals surface area contributed by atoms with Crippen molar-refractivity contribution in [1.29, 1.82) is 0 Å². The summed E-state index contributed by atoms with van der Waals surface area (Å²) < 4.78 is 1.72. The van der Waals surface area contributed by atoms with Crippen LogP contribution >= 0.6 is 0 Å². The first-order valence-corrected chi connectivity index (χ1v) is 5.15. The van der Waals surface area contributed by atoms with Crippen molar-refractivity contribution in [2.75, 3.05) is 6.54 Å². The van der Waals surface area contributed by atoms with E-state index in [1.165, 1.54) is 18.5 Å². The van der Waals surface area contributed by atoms with Gasteiger partial charge in [0.25, 0.3) is 5.91 Å². The Morgan fingerprint density at radius 1 is 1.47 bits per heavy atom. The summed E-state index contributed by atoms with van der Waals surface area (Å²) >= 11 is 0. The fourth-order valence-corrected chi connectivity index (χ4v) is 1.37. The molecule has 0 saturated heterocycles. The molecule has 0 fully saturated rings. The Hall–Kier alpha value is -2.37. The van der Waals surface area contributed by atoms with Crippen molar-refractivity contribution in [2.24, 2.45) is 0 Å². The van der Waals surface area contributed by atoms with Crippen LogP contribution in [0.15, 0.2) is 36.9 Å². The molecule has 0 aliphatic rings. The Balaban J connectivity index is 1.85. The zero-order valence-electron chi connectivity index (χ0n) is 9.08. The summed E-state index contributed by atoms with van der Waals surface area (Å²) in [7, 11) is 0. The van der Waals surface area contributed by atoms with Gasteiger partial charge in [0, 0.05) is 25.1 Å². The van der Waals surface area contributed by atoms with E-state index in [2.05, 4.69) is 15.4 Å². The van der Waals surface area contributed by atoms with Crippen LogP contribution in [0.4, 0.5) is 0 Å². The normalized spacial score (nSPS) is 10.1. The summed E-state index contributed by atoms with van der Waals surface area (Å²) in [4.78, 5) is 15.4. The fourth-order valence-electron chi connectivity index (χ4n) is 1.37. The van der Waals surface area contributed by atoms with E-state index in [0.29, 0.717) is 18.7 Å². The summed E-state index contributed by atoms with van der Waals surface area (Å²) in [6.07, 6.45) is 6.19. The molecule has 0 bridgehead atoms. The zero-order chi connectivity index (χ0) is 12.1. The number of hydrogen-bond donors (Lipinski definition) is 2. The highest BCUT2D eigenvalue weighted by Gasteiger charge is 2.05. The first-order chi connectivity index (χ1) is 8.25. The predicted octanol–water partition coefficient (Wildman–Crippen LogP) is 0.414. The van der Waals surface area contributed by atoms with Gasteiger partial charge < -0.3 is 10.4 Å². The molecule has 6 nitrogen and oxygen atoms in total. The van der Waals surface area contributed by atoms with Crippen LogP contribution in [0.5, 0.6) is 5.75 Å². The summed E-state index contributed by atoms with van der Waals surface area (Å²) in [6.45, 7) is 1.07. The van der Waals surface area contributed by atoms with Crippen LogP contribution in [-0.4, -0.2) is 32.3 Å². The highest BCUT2D eigenvalue weighted by Crippen LogP contribution is 2.07. The maximum atomic E-state index is 11.6. The second kappa shape index (κ2) is 5.11. The smallest absolute Gasteiger partial charge is 0.253 e. The van der Waals surface area contributed by atoms with Gasteiger partial charge in [-0.3, -0.25) is 14.5 Å². The molecule has 2 N–H and O–H groups in total. The van der Waals surface area contributed by atoms with Crippen LogP contribution in [-0.2, 0) is 6.54 Å². The van der Waals surface area contributed by atoms with Crippen molar-refractivity contribution in [2.45, 2.75) is 6.54 Å². The fraction of sp³-hybridized carbons (Fsp3) is 0.182. The monoisotopic (exact) mass is 232 g/mol. The molecule has 0 radical (unpaired) electrons. The third-order valence-electron chi connectivity index (χ3n) is 2.17. The summed E-state index contributed by atoms with van der Waals surface area (Å²) in [5.41, 5.74) is 0.338. The van der Waals surface area contributed by atoms with Crippen LogP contribution in [0.2, 0.25) is 0 Å². The van der Waals surface area contributed by atoms with Gasteiger partial charge in [-0.1, -0.05) is 0 Å². The van der Waals surface area contributed by atoms with E-state index in [4.69, 9.17) is 0 Å². The molecule has 88 valence electrons. The number of carbonyl (C=O) groups excluding carboxylic acids is 1. The topological polar surface area (TPSA) is 80.0 Å². The lowest BCUT2D eigenvalue weighted by atomic mass is 10.2. The van der Waals surface area contributed by atoms with E-state index in [9.17, 15) is 9.90 Å². The highest BCUT2D eigenvalue weighted by molar-refractivity contribution is 5.94. The van der Waals surface area contributed by atoms with Gasteiger partial charge in [-0.2, -0.15) is 5.10 Å². The van der Waals surface area contributed by atoms with Gasteiger partial charge in [0.05, 0.1) is 18.3 Å². The van der Waals surface area contributed by atoms with E-state index in [1.807, 2.05) is 12.3 Å². The van der Waals surface area contributed by atoms with E-state index >= 15 is 0 Å². The third kappa shape index (κ3) is 3.04. The first-order valence-electron chi connectivity index (χ1n) is 5.15. The second-order valence-electron chi connectivity index (χ2n) is 3.46. The molecule has 2 rings (SSSR count). The molecule has 17 heavy (non-hydrogen) atoms. The van der Waals surface area contributed by atoms with E-state index in [0.717, 1.165) is 0 Å². The molecular weight excluding hydrogens is 220 g/mol. The molecule has 1 amide bonds. The maximum Gasteiger partial charge on any atom is 0.253 e. The molecule has 0 saturated carbocycles. The van der Waals surface area contributed by atoms with Crippen molar-refractivity contribution in [3.63, 3.8) is 0 Å². The van der Waals surface area contributed by atoms with E-state index in [1.54, 1.807) is 10.9 Å². The van der Waals surface area contributed by atoms with Crippen LogP contribution in [0.1, 0.15) is 10.4 Å². The van der Waals surface area contributed by atoms with E-state index < -0.39 is 0 Å². The Morgan fingerprint density at radius 2 is 2.35 bits per heavy atom. The van der Waals surface area contributed by atoms with Crippen molar-refractivity contribution in [3.05, 3.63) is 42.5 Å². The van der Waals surface area contributed by atoms with E-state index in [-0.39, 0.29) is 11.7 Å². The first kappa shape index (κ1) is 11.1. The van der Waals surface area contributed by atoms with Gasteiger partial charge in [-0.25, -0.2) is 0 Å². The molecule has 0 atom stereocenters. The van der Waals surface area contributed by atoms with Crippen LogP contribution < -0.4 is 5.32 Å². The summed E-state index contributed by atoms with van der Waals surface area (Å²) in [6, 6.07) is 3.19.